The summed E-state index contributed by atoms with van der Waals surface area (Å²) in [5, 5.41) is 17.2. The van der Waals surface area contributed by atoms with Gasteiger partial charge in [0.05, 0.1) is 21.6 Å². The quantitative estimate of drug-likeness (QED) is 0.714. The predicted molar refractivity (Wildman–Crippen MR) is 87.3 cm³/mol. The summed E-state index contributed by atoms with van der Waals surface area (Å²) in [6, 6.07) is 6.10. The molecule has 116 valence electrons. The zero-order valence-corrected chi connectivity index (χ0v) is 13.1. The number of aromatic nitrogens is 2. The number of benzene rings is 1. The van der Waals surface area contributed by atoms with Crippen molar-refractivity contribution in [3.05, 3.63) is 50.8 Å². The molecular weight excluding hydrogens is 316 g/mol. The highest BCUT2D eigenvalue weighted by Gasteiger charge is 2.12. The molecule has 0 bridgehead atoms. The van der Waals surface area contributed by atoms with Gasteiger partial charge in [-0.3, -0.25) is 9.78 Å². The van der Waals surface area contributed by atoms with Crippen LogP contribution < -0.4 is 4.87 Å². The summed E-state index contributed by atoms with van der Waals surface area (Å²) in [4.78, 5) is 29.1. The molecule has 0 radical (unpaired) electrons. The lowest BCUT2D eigenvalue weighted by Gasteiger charge is -2.03. The Bertz CT molecular complexity index is 986. The van der Waals surface area contributed by atoms with Crippen LogP contribution in [0.1, 0.15) is 21.6 Å². The number of fused-ring (bicyclic) bond motifs is 1. The van der Waals surface area contributed by atoms with E-state index in [0.717, 1.165) is 21.6 Å². The molecule has 23 heavy (non-hydrogen) atoms. The van der Waals surface area contributed by atoms with Gasteiger partial charge in [0.2, 0.25) is 0 Å². The molecule has 0 unspecified atom stereocenters. The Kier molecular flexibility index (Phi) is 3.75. The molecule has 0 aliphatic rings. The topological polar surface area (TPSA) is 108 Å². The molecule has 2 aromatic heterocycles. The van der Waals surface area contributed by atoms with Crippen LogP contribution in [0, 0.1) is 13.8 Å². The Morgan fingerprint density at radius 3 is 2.57 bits per heavy atom. The molecule has 2 heterocycles. The van der Waals surface area contributed by atoms with Crippen LogP contribution in [0.3, 0.4) is 0 Å². The van der Waals surface area contributed by atoms with E-state index in [9.17, 15) is 9.59 Å². The average Bonchev–Trinajstić information content (AvgIpc) is 2.88. The number of nitrogens with one attached hydrogen (secondary N) is 1. The molecule has 2 N–H and O–H groups in total. The minimum atomic E-state index is -0.989. The standard InChI is InChI=1S/C15H12N4O3S/c1-7-11(8(2)16-13-12(7)23-15(22)17-13)19-18-10-5-3-9(4-6-10)14(20)21/h3-6H,1-2H3,(H,20,21)(H,16,17,22). The molecule has 0 atom stereocenters. The first kappa shape index (κ1) is 15.0. The van der Waals surface area contributed by atoms with Crippen molar-refractivity contribution < 1.29 is 9.90 Å². The molecule has 1 aromatic carbocycles. The summed E-state index contributed by atoms with van der Waals surface area (Å²) in [5.74, 6) is -0.989. The minimum Gasteiger partial charge on any atom is -0.478 e. The number of rotatable bonds is 3. The zero-order chi connectivity index (χ0) is 16.6. The smallest absolute Gasteiger partial charge is 0.335 e. The number of hydrogen-bond acceptors (Lipinski definition) is 6. The molecule has 0 amide bonds. The largest absolute Gasteiger partial charge is 0.478 e. The van der Waals surface area contributed by atoms with Gasteiger partial charge in [-0.15, -0.1) is 5.11 Å². The monoisotopic (exact) mass is 328 g/mol. The van der Waals surface area contributed by atoms with Crippen molar-refractivity contribution in [1.82, 2.24) is 9.97 Å². The lowest BCUT2D eigenvalue weighted by molar-refractivity contribution is 0.0697. The first-order valence-electron chi connectivity index (χ1n) is 6.71. The van der Waals surface area contributed by atoms with Crippen LogP contribution in [0.5, 0.6) is 0 Å². The number of carboxylic acids is 1. The Morgan fingerprint density at radius 1 is 1.22 bits per heavy atom. The molecule has 0 saturated carbocycles. The van der Waals surface area contributed by atoms with Crippen LogP contribution in [0.2, 0.25) is 0 Å². The van der Waals surface area contributed by atoms with Gasteiger partial charge in [0.1, 0.15) is 5.69 Å². The zero-order valence-electron chi connectivity index (χ0n) is 12.3. The van der Waals surface area contributed by atoms with Crippen LogP contribution in [-0.2, 0) is 0 Å². The van der Waals surface area contributed by atoms with Gasteiger partial charge >= 0.3 is 10.8 Å². The van der Waals surface area contributed by atoms with Gasteiger partial charge in [-0.1, -0.05) is 11.3 Å². The van der Waals surface area contributed by atoms with Crippen molar-refractivity contribution in [2.75, 3.05) is 0 Å². The predicted octanol–water partition coefficient (Wildman–Crippen LogP) is 3.72. The molecule has 0 fully saturated rings. The fourth-order valence-electron chi connectivity index (χ4n) is 2.18. The van der Waals surface area contributed by atoms with Crippen molar-refractivity contribution in [3.63, 3.8) is 0 Å². The molecule has 0 spiro atoms. The van der Waals surface area contributed by atoms with E-state index in [0.29, 0.717) is 22.7 Å². The Labute approximate surface area is 134 Å². The molecule has 0 aliphatic carbocycles. The van der Waals surface area contributed by atoms with E-state index in [1.807, 2.05) is 6.92 Å². The number of carboxylic acid groups (broad SMARTS) is 1. The Hall–Kier alpha value is -2.87. The number of hydrogen-bond donors (Lipinski definition) is 2. The van der Waals surface area contributed by atoms with Crippen molar-refractivity contribution in [2.24, 2.45) is 10.2 Å². The van der Waals surface area contributed by atoms with Gasteiger partial charge in [0.25, 0.3) is 0 Å². The van der Waals surface area contributed by atoms with Crippen molar-refractivity contribution in [3.8, 4) is 0 Å². The van der Waals surface area contributed by atoms with E-state index in [2.05, 4.69) is 20.2 Å². The number of thiazole rings is 1. The van der Waals surface area contributed by atoms with E-state index < -0.39 is 5.97 Å². The lowest BCUT2D eigenvalue weighted by atomic mass is 10.2. The van der Waals surface area contributed by atoms with Crippen LogP contribution in [0.15, 0.2) is 39.3 Å². The highest BCUT2D eigenvalue weighted by Crippen LogP contribution is 2.31. The van der Waals surface area contributed by atoms with Crippen LogP contribution in [-0.4, -0.2) is 21.0 Å². The van der Waals surface area contributed by atoms with Gasteiger partial charge in [-0.2, -0.15) is 5.11 Å². The van der Waals surface area contributed by atoms with Gasteiger partial charge in [-0.05, 0) is 43.7 Å². The maximum Gasteiger partial charge on any atom is 0.335 e. The fourth-order valence-corrected chi connectivity index (χ4v) is 2.95. The van der Waals surface area contributed by atoms with E-state index >= 15 is 0 Å². The third-order valence-electron chi connectivity index (χ3n) is 3.33. The van der Waals surface area contributed by atoms with Crippen molar-refractivity contribution in [2.45, 2.75) is 13.8 Å². The second kappa shape index (κ2) is 5.73. The van der Waals surface area contributed by atoms with Crippen LogP contribution >= 0.6 is 11.3 Å². The van der Waals surface area contributed by atoms with Crippen LogP contribution in [0.25, 0.3) is 10.3 Å². The summed E-state index contributed by atoms with van der Waals surface area (Å²) >= 11 is 1.09. The number of azo groups is 1. The summed E-state index contributed by atoms with van der Waals surface area (Å²) in [6.45, 7) is 3.66. The number of nitrogens with zero attached hydrogens (tertiary/aromatic N) is 3. The lowest BCUT2D eigenvalue weighted by Crippen LogP contribution is -1.94. The first-order chi connectivity index (χ1) is 11.0. The maximum atomic E-state index is 11.5. The summed E-state index contributed by atoms with van der Waals surface area (Å²) in [7, 11) is 0. The first-order valence-corrected chi connectivity index (χ1v) is 7.52. The number of aryl methyl sites for hydroxylation is 2. The maximum absolute atomic E-state index is 11.5. The number of H-pyrrole nitrogens is 1. The summed E-state index contributed by atoms with van der Waals surface area (Å²) in [5.41, 5.74) is 3.39. The normalized spacial score (nSPS) is 11.4. The highest BCUT2D eigenvalue weighted by atomic mass is 32.1. The molecule has 3 rings (SSSR count). The fraction of sp³-hybridized carbons (Fsp3) is 0.133. The second-order valence-electron chi connectivity index (χ2n) is 4.92. The van der Waals surface area contributed by atoms with E-state index in [1.54, 1.807) is 19.1 Å². The van der Waals surface area contributed by atoms with E-state index in [4.69, 9.17) is 5.11 Å². The van der Waals surface area contributed by atoms with E-state index in [1.165, 1.54) is 12.1 Å². The third kappa shape index (κ3) is 2.88. The van der Waals surface area contributed by atoms with Crippen molar-refractivity contribution in [1.29, 1.82) is 0 Å². The number of pyridine rings is 1. The van der Waals surface area contributed by atoms with Gasteiger partial charge < -0.3 is 5.11 Å². The third-order valence-corrected chi connectivity index (χ3v) is 4.32. The molecule has 0 saturated heterocycles. The number of aromatic amines is 1. The second-order valence-corrected chi connectivity index (χ2v) is 5.90. The molecule has 3 aromatic rings. The van der Waals surface area contributed by atoms with Crippen molar-refractivity contribution >= 4 is 39.0 Å². The summed E-state index contributed by atoms with van der Waals surface area (Å²) < 4.78 is 0.760. The average molecular weight is 328 g/mol. The van der Waals surface area contributed by atoms with Crippen LogP contribution in [0.4, 0.5) is 11.4 Å². The van der Waals surface area contributed by atoms with Gasteiger partial charge in [0, 0.05) is 0 Å². The SMILES string of the molecule is Cc1nc2[nH]c(=O)sc2c(C)c1N=Nc1ccc(C(=O)O)cc1. The summed E-state index contributed by atoms with van der Waals surface area (Å²) in [6.07, 6.45) is 0. The number of carbonyl (C=O) groups is 1. The molecule has 0 aliphatic heterocycles. The van der Waals surface area contributed by atoms with Gasteiger partial charge in [0.15, 0.2) is 5.65 Å². The Morgan fingerprint density at radius 2 is 1.91 bits per heavy atom. The Balaban J connectivity index is 2.00. The highest BCUT2D eigenvalue weighted by molar-refractivity contribution is 7.16. The van der Waals surface area contributed by atoms with Gasteiger partial charge in [-0.25, -0.2) is 9.78 Å². The number of aromatic carboxylic acids is 1. The minimum absolute atomic E-state index is 0.159. The molecular formula is C15H12N4O3S. The molecule has 7 nitrogen and oxygen atoms in total. The van der Waals surface area contributed by atoms with E-state index in [-0.39, 0.29) is 10.4 Å². The molecule has 8 heteroatoms.